The summed E-state index contributed by atoms with van der Waals surface area (Å²) in [5, 5.41) is 3.79. The van der Waals surface area contributed by atoms with Gasteiger partial charge in [-0.3, -0.25) is 19.2 Å². The standard InChI is InChI=1S/C29H33N5O5S.C7H7Cl/c1-31(40-2)21-9-10-25-22(16-21)24(35)17-26(39-25)29(38)30-18-28(37)33-14-12-32(13-15-33)23-7-4-3-6-20(23)19-34-11-5-8-27(34)36;1-6-2-4-7(8)5-3-6/h3-4,6-7,9-10,16-17H,5,8,11-15,18-19H2,1-2H3,(H,30,38);2-5H,1H3. The zero-order chi connectivity index (χ0) is 34.2. The molecule has 0 bridgehead atoms. The Morgan fingerprint density at radius 3 is 2.35 bits per heavy atom. The van der Waals surface area contributed by atoms with Gasteiger partial charge in [-0.2, -0.15) is 0 Å². The molecule has 0 atom stereocenters. The van der Waals surface area contributed by atoms with E-state index in [1.807, 2.05) is 71.9 Å². The average molecular weight is 690 g/mol. The first kappa shape index (κ1) is 34.8. The second-order valence-electron chi connectivity index (χ2n) is 11.7. The molecule has 0 unspecified atom stereocenters. The highest BCUT2D eigenvalue weighted by molar-refractivity contribution is 7.99. The van der Waals surface area contributed by atoms with Crippen molar-refractivity contribution >= 4 is 63.6 Å². The molecule has 3 aromatic carbocycles. The topological polar surface area (TPSA) is 106 Å². The molecule has 3 amide bonds. The summed E-state index contributed by atoms with van der Waals surface area (Å²) in [6.07, 6.45) is 3.45. The van der Waals surface area contributed by atoms with E-state index in [4.69, 9.17) is 16.0 Å². The predicted octanol–water partition coefficient (Wildman–Crippen LogP) is 5.36. The Labute approximate surface area is 289 Å². The third-order valence-corrected chi connectivity index (χ3v) is 9.49. The first-order valence-electron chi connectivity index (χ1n) is 15.9. The van der Waals surface area contributed by atoms with Gasteiger partial charge in [-0.1, -0.05) is 59.4 Å². The summed E-state index contributed by atoms with van der Waals surface area (Å²) < 4.78 is 7.60. The van der Waals surface area contributed by atoms with E-state index < -0.39 is 5.91 Å². The Balaban J connectivity index is 0.000000494. The number of anilines is 2. The van der Waals surface area contributed by atoms with E-state index >= 15 is 0 Å². The second-order valence-corrected chi connectivity index (χ2v) is 13.1. The maximum absolute atomic E-state index is 12.9. The van der Waals surface area contributed by atoms with E-state index in [1.165, 1.54) is 17.5 Å². The fraction of sp³-hybridized carbons (Fsp3) is 0.333. The van der Waals surface area contributed by atoms with E-state index in [2.05, 4.69) is 22.3 Å². The third-order valence-electron chi connectivity index (χ3n) is 8.48. The Kier molecular flexibility index (Phi) is 11.7. The molecular weight excluding hydrogens is 650 g/mol. The van der Waals surface area contributed by atoms with Crippen LogP contribution in [-0.2, 0) is 16.1 Å². The summed E-state index contributed by atoms with van der Waals surface area (Å²) in [5.74, 6) is -0.740. The Bertz CT molecular complexity index is 1800. The summed E-state index contributed by atoms with van der Waals surface area (Å²) in [6.45, 7) is 5.58. The van der Waals surface area contributed by atoms with Crippen molar-refractivity contribution in [3.05, 3.63) is 105 Å². The van der Waals surface area contributed by atoms with Crippen LogP contribution in [0.25, 0.3) is 11.0 Å². The average Bonchev–Trinajstić information content (AvgIpc) is 3.52. The maximum atomic E-state index is 12.9. The number of likely N-dealkylation sites (tertiary alicyclic amines) is 1. The number of carbonyl (C=O) groups excluding carboxylic acids is 3. The number of aryl methyl sites for hydroxylation is 1. The smallest absolute Gasteiger partial charge is 0.287 e. The molecule has 12 heteroatoms. The highest BCUT2D eigenvalue weighted by Crippen LogP contribution is 2.26. The maximum Gasteiger partial charge on any atom is 0.287 e. The summed E-state index contributed by atoms with van der Waals surface area (Å²) in [6, 6.07) is 22.2. The van der Waals surface area contributed by atoms with Gasteiger partial charge < -0.3 is 28.7 Å². The van der Waals surface area contributed by atoms with Crippen molar-refractivity contribution in [2.45, 2.75) is 26.3 Å². The highest BCUT2D eigenvalue weighted by Gasteiger charge is 2.25. The van der Waals surface area contributed by atoms with Crippen LogP contribution in [0.4, 0.5) is 11.4 Å². The van der Waals surface area contributed by atoms with Crippen LogP contribution in [0.1, 0.15) is 34.5 Å². The van der Waals surface area contributed by atoms with Gasteiger partial charge >= 0.3 is 0 Å². The van der Waals surface area contributed by atoms with Gasteiger partial charge in [0.25, 0.3) is 5.91 Å². The number of halogens is 1. The third kappa shape index (κ3) is 8.70. The molecule has 0 spiro atoms. The number of amides is 3. The first-order chi connectivity index (χ1) is 23.1. The molecule has 2 aliphatic heterocycles. The van der Waals surface area contributed by atoms with Crippen molar-refractivity contribution in [1.82, 2.24) is 15.1 Å². The van der Waals surface area contributed by atoms with E-state index in [0.717, 1.165) is 41.0 Å². The highest BCUT2D eigenvalue weighted by atomic mass is 35.5. The van der Waals surface area contributed by atoms with Gasteiger partial charge in [-0.25, -0.2) is 0 Å². The quantitative estimate of drug-likeness (QED) is 0.247. The molecule has 1 aromatic heterocycles. The van der Waals surface area contributed by atoms with Gasteiger partial charge in [-0.05, 0) is 55.3 Å². The van der Waals surface area contributed by atoms with Crippen molar-refractivity contribution in [3.63, 3.8) is 0 Å². The largest absolute Gasteiger partial charge is 0.451 e. The van der Waals surface area contributed by atoms with Crippen molar-refractivity contribution in [2.24, 2.45) is 0 Å². The van der Waals surface area contributed by atoms with Gasteiger partial charge in [-0.15, -0.1) is 0 Å². The normalized spacial score (nSPS) is 14.5. The molecule has 0 aliphatic carbocycles. The molecule has 252 valence electrons. The van der Waals surface area contributed by atoms with Crippen molar-refractivity contribution in [2.75, 3.05) is 61.8 Å². The molecular formula is C36H40ClN5O5S. The van der Waals surface area contributed by atoms with Crippen LogP contribution in [0.2, 0.25) is 5.02 Å². The van der Waals surface area contributed by atoms with Gasteiger partial charge in [0.2, 0.25) is 11.8 Å². The minimum absolute atomic E-state index is 0.130. The van der Waals surface area contributed by atoms with Crippen molar-refractivity contribution in [3.8, 4) is 0 Å². The van der Waals surface area contributed by atoms with Gasteiger partial charge in [0, 0.05) is 81.5 Å². The van der Waals surface area contributed by atoms with E-state index in [0.29, 0.717) is 50.1 Å². The molecule has 0 radical (unpaired) electrons. The molecule has 6 rings (SSSR count). The number of benzene rings is 3. The number of carbonyl (C=O) groups is 3. The van der Waals surface area contributed by atoms with Crippen LogP contribution in [0.15, 0.2) is 82.0 Å². The Hall–Kier alpha value is -4.48. The first-order valence-corrected chi connectivity index (χ1v) is 17.4. The molecule has 4 aromatic rings. The number of hydrogen-bond donors (Lipinski definition) is 1. The summed E-state index contributed by atoms with van der Waals surface area (Å²) in [5.41, 5.74) is 4.28. The minimum Gasteiger partial charge on any atom is -0.451 e. The van der Waals surface area contributed by atoms with Gasteiger partial charge in [0.1, 0.15) is 5.58 Å². The number of para-hydroxylation sites is 1. The van der Waals surface area contributed by atoms with Crippen molar-refractivity contribution in [1.29, 1.82) is 0 Å². The summed E-state index contributed by atoms with van der Waals surface area (Å²) in [7, 11) is 1.89. The molecule has 48 heavy (non-hydrogen) atoms. The van der Waals surface area contributed by atoms with Crippen LogP contribution >= 0.6 is 23.5 Å². The molecule has 3 heterocycles. The Morgan fingerprint density at radius 1 is 0.958 bits per heavy atom. The summed E-state index contributed by atoms with van der Waals surface area (Å²) >= 11 is 7.12. The molecule has 2 saturated heterocycles. The fourth-order valence-corrected chi connectivity index (χ4v) is 6.12. The monoisotopic (exact) mass is 689 g/mol. The number of fused-ring (bicyclic) bond motifs is 1. The van der Waals surface area contributed by atoms with Crippen molar-refractivity contribution < 1.29 is 18.8 Å². The number of nitrogens with zero attached hydrogens (tertiary/aromatic N) is 4. The number of hydrogen-bond acceptors (Lipinski definition) is 8. The lowest BCUT2D eigenvalue weighted by Crippen LogP contribution is -2.51. The van der Waals surface area contributed by atoms with Gasteiger partial charge in [0.15, 0.2) is 11.2 Å². The number of piperazine rings is 1. The number of rotatable bonds is 8. The molecule has 2 aliphatic rings. The zero-order valence-electron chi connectivity index (χ0n) is 27.4. The lowest BCUT2D eigenvalue weighted by molar-refractivity contribution is -0.130. The van der Waals surface area contributed by atoms with Crippen LogP contribution < -0.4 is 20.0 Å². The number of nitrogens with one attached hydrogen (secondary N) is 1. The predicted molar refractivity (Wildman–Crippen MR) is 193 cm³/mol. The van der Waals surface area contributed by atoms with Crippen LogP contribution in [0, 0.1) is 6.92 Å². The van der Waals surface area contributed by atoms with Crippen LogP contribution in [0.3, 0.4) is 0 Å². The molecule has 2 fully saturated rings. The van der Waals surface area contributed by atoms with Crippen LogP contribution in [0.5, 0.6) is 0 Å². The molecule has 10 nitrogen and oxygen atoms in total. The fourth-order valence-electron chi connectivity index (χ4n) is 5.67. The lowest BCUT2D eigenvalue weighted by atomic mass is 10.1. The Morgan fingerprint density at radius 2 is 1.69 bits per heavy atom. The second kappa shape index (κ2) is 16.1. The van der Waals surface area contributed by atoms with Crippen LogP contribution in [-0.4, -0.2) is 80.1 Å². The van der Waals surface area contributed by atoms with E-state index in [-0.39, 0.29) is 29.5 Å². The molecule has 1 N–H and O–H groups in total. The molecule has 0 saturated carbocycles. The minimum atomic E-state index is -0.610. The van der Waals surface area contributed by atoms with E-state index in [1.54, 1.807) is 17.0 Å². The van der Waals surface area contributed by atoms with Gasteiger partial charge in [0.05, 0.1) is 11.9 Å². The van der Waals surface area contributed by atoms with E-state index in [9.17, 15) is 19.2 Å². The zero-order valence-corrected chi connectivity index (χ0v) is 29.0. The summed E-state index contributed by atoms with van der Waals surface area (Å²) in [4.78, 5) is 56.3. The lowest BCUT2D eigenvalue weighted by Gasteiger charge is -2.37. The SMILES string of the molecule is CSN(C)c1ccc2oc(C(=O)NCC(=O)N3CCN(c4ccccc4CN4CCCC4=O)CC3)cc(=O)c2c1.Cc1ccc(Cl)cc1.